The van der Waals surface area contributed by atoms with Crippen LogP contribution in [-0.2, 0) is 24.1 Å². The molecule has 0 unspecified atom stereocenters. The zero-order valence-corrected chi connectivity index (χ0v) is 13.2. The van der Waals surface area contributed by atoms with Crippen LogP contribution in [0.15, 0.2) is 12.1 Å². The van der Waals surface area contributed by atoms with Gasteiger partial charge in [-0.05, 0) is 49.8 Å². The molecule has 1 saturated heterocycles. The highest BCUT2D eigenvalue weighted by molar-refractivity contribution is 7.14. The molecule has 1 amide bonds. The summed E-state index contributed by atoms with van der Waals surface area (Å²) >= 11 is 1.54. The summed E-state index contributed by atoms with van der Waals surface area (Å²) in [4.78, 5) is 14.2. The first-order valence-electron chi connectivity index (χ1n) is 7.86. The van der Waals surface area contributed by atoms with Crippen LogP contribution in [0, 0.1) is 0 Å². The molecule has 0 bridgehead atoms. The number of ether oxygens (including phenoxy) is 1. The summed E-state index contributed by atoms with van der Waals surface area (Å²) in [6, 6.07) is 3.91. The zero-order valence-electron chi connectivity index (χ0n) is 12.4. The molecule has 0 saturated carbocycles. The lowest BCUT2D eigenvalue weighted by Gasteiger charge is -2.05. The lowest BCUT2D eigenvalue weighted by Crippen LogP contribution is -2.22. The van der Waals surface area contributed by atoms with E-state index in [9.17, 15) is 4.79 Å². The van der Waals surface area contributed by atoms with E-state index in [1.165, 1.54) is 29.0 Å². The fourth-order valence-electron chi connectivity index (χ4n) is 3.24. The Balaban J connectivity index is 1.39. The van der Waals surface area contributed by atoms with E-state index in [2.05, 4.69) is 15.5 Å². The Bertz CT molecular complexity index is 685. The summed E-state index contributed by atoms with van der Waals surface area (Å²) in [5.74, 6) is -0.0241. The summed E-state index contributed by atoms with van der Waals surface area (Å²) in [7, 11) is 0. The number of aryl methyl sites for hydroxylation is 1. The second kappa shape index (κ2) is 5.85. The number of carbonyl (C=O) groups excluding carboxylic acids is 1. The fraction of sp³-hybridized carbons (Fsp3) is 0.500. The maximum Gasteiger partial charge on any atom is 0.261 e. The molecule has 0 aromatic carbocycles. The molecule has 116 valence electrons. The van der Waals surface area contributed by atoms with Crippen molar-refractivity contribution in [3.8, 4) is 0 Å². The number of hydrogen-bond acceptors (Lipinski definition) is 4. The van der Waals surface area contributed by atoms with Crippen LogP contribution in [0.5, 0.6) is 0 Å². The van der Waals surface area contributed by atoms with Gasteiger partial charge in [0.1, 0.15) is 0 Å². The molecule has 0 spiro atoms. The van der Waals surface area contributed by atoms with Crippen molar-refractivity contribution < 1.29 is 9.53 Å². The van der Waals surface area contributed by atoms with Crippen LogP contribution in [0.2, 0.25) is 0 Å². The van der Waals surface area contributed by atoms with E-state index < -0.39 is 0 Å². The van der Waals surface area contributed by atoms with Gasteiger partial charge in [0.15, 0.2) is 0 Å². The van der Waals surface area contributed by atoms with Crippen LogP contribution in [0.3, 0.4) is 0 Å². The van der Waals surface area contributed by atoms with E-state index in [0.29, 0.717) is 6.54 Å². The molecule has 5 nitrogen and oxygen atoms in total. The average Bonchev–Trinajstić information content (AvgIpc) is 3.28. The van der Waals surface area contributed by atoms with Crippen molar-refractivity contribution in [3.63, 3.8) is 0 Å². The second-order valence-corrected chi connectivity index (χ2v) is 6.98. The summed E-state index contributed by atoms with van der Waals surface area (Å²) in [5, 5.41) is 10.4. The number of aromatic amines is 1. The van der Waals surface area contributed by atoms with Crippen molar-refractivity contribution in [3.05, 3.63) is 38.8 Å². The summed E-state index contributed by atoms with van der Waals surface area (Å²) in [6.45, 7) is 1.33. The van der Waals surface area contributed by atoms with Crippen LogP contribution < -0.4 is 5.32 Å². The first-order chi connectivity index (χ1) is 10.8. The van der Waals surface area contributed by atoms with Gasteiger partial charge in [-0.3, -0.25) is 9.89 Å². The number of aromatic nitrogens is 2. The zero-order chi connectivity index (χ0) is 14.9. The highest BCUT2D eigenvalue weighted by Gasteiger charge is 2.22. The third-order valence-corrected chi connectivity index (χ3v) is 5.58. The Labute approximate surface area is 133 Å². The van der Waals surface area contributed by atoms with Crippen molar-refractivity contribution in [2.75, 3.05) is 6.61 Å². The standard InChI is InChI=1S/C16H19N3O2S/c20-16(15-7-6-14(22-15)13-5-2-8-21-13)17-9-12-10-3-1-4-11(10)18-19-12/h6-7,13H,1-5,8-9H2,(H,17,20)(H,18,19)/t13-/m0/s1. The molecule has 3 heterocycles. The molecule has 1 atom stereocenters. The molecule has 1 aliphatic heterocycles. The van der Waals surface area contributed by atoms with Crippen LogP contribution in [0.25, 0.3) is 0 Å². The third kappa shape index (κ3) is 2.57. The normalized spacial score (nSPS) is 20.3. The predicted molar refractivity (Wildman–Crippen MR) is 84.0 cm³/mol. The Kier molecular flexibility index (Phi) is 3.72. The fourth-order valence-corrected chi connectivity index (χ4v) is 4.24. The molecule has 4 rings (SSSR count). The highest BCUT2D eigenvalue weighted by Crippen LogP contribution is 2.33. The summed E-state index contributed by atoms with van der Waals surface area (Å²) < 4.78 is 5.67. The quantitative estimate of drug-likeness (QED) is 0.911. The number of rotatable bonds is 4. The van der Waals surface area contributed by atoms with Crippen molar-refractivity contribution in [2.24, 2.45) is 0 Å². The van der Waals surface area contributed by atoms with Gasteiger partial charge in [-0.15, -0.1) is 11.3 Å². The number of H-pyrrole nitrogens is 1. The molecule has 2 aromatic heterocycles. The van der Waals surface area contributed by atoms with E-state index in [1.54, 1.807) is 0 Å². The summed E-state index contributed by atoms with van der Waals surface area (Å²) in [5.41, 5.74) is 3.52. The minimum Gasteiger partial charge on any atom is -0.373 e. The van der Waals surface area contributed by atoms with Gasteiger partial charge in [0, 0.05) is 17.2 Å². The molecule has 2 N–H and O–H groups in total. The number of nitrogens with zero attached hydrogens (tertiary/aromatic N) is 1. The van der Waals surface area contributed by atoms with E-state index in [4.69, 9.17) is 4.74 Å². The Morgan fingerprint density at radius 1 is 1.41 bits per heavy atom. The van der Waals surface area contributed by atoms with Gasteiger partial charge in [0.25, 0.3) is 5.91 Å². The van der Waals surface area contributed by atoms with Gasteiger partial charge in [0.05, 0.1) is 23.2 Å². The van der Waals surface area contributed by atoms with E-state index in [1.807, 2.05) is 12.1 Å². The number of thiophene rings is 1. The maximum atomic E-state index is 12.3. The number of fused-ring (bicyclic) bond motifs is 1. The molecular weight excluding hydrogens is 298 g/mol. The van der Waals surface area contributed by atoms with Gasteiger partial charge in [-0.25, -0.2) is 0 Å². The van der Waals surface area contributed by atoms with Gasteiger partial charge in [-0.2, -0.15) is 5.10 Å². The second-order valence-electron chi connectivity index (χ2n) is 5.87. The molecule has 22 heavy (non-hydrogen) atoms. The van der Waals surface area contributed by atoms with Crippen molar-refractivity contribution in [1.29, 1.82) is 0 Å². The summed E-state index contributed by atoms with van der Waals surface area (Å²) in [6.07, 6.45) is 5.67. The maximum absolute atomic E-state index is 12.3. The number of hydrogen-bond donors (Lipinski definition) is 2. The topological polar surface area (TPSA) is 67.0 Å². The minimum atomic E-state index is -0.0241. The smallest absolute Gasteiger partial charge is 0.261 e. The van der Waals surface area contributed by atoms with Crippen LogP contribution in [0.1, 0.15) is 56.9 Å². The van der Waals surface area contributed by atoms with Crippen molar-refractivity contribution in [1.82, 2.24) is 15.5 Å². The molecular formula is C16H19N3O2S. The highest BCUT2D eigenvalue weighted by atomic mass is 32.1. The number of nitrogens with one attached hydrogen (secondary N) is 2. The lowest BCUT2D eigenvalue weighted by molar-refractivity contribution is 0.0954. The molecule has 2 aromatic rings. The van der Waals surface area contributed by atoms with Crippen molar-refractivity contribution >= 4 is 17.2 Å². The van der Waals surface area contributed by atoms with E-state index in [0.717, 1.165) is 47.7 Å². The molecule has 1 aliphatic carbocycles. The van der Waals surface area contributed by atoms with Crippen LogP contribution in [0.4, 0.5) is 0 Å². The van der Waals surface area contributed by atoms with Crippen molar-refractivity contribution in [2.45, 2.75) is 44.8 Å². The number of amides is 1. The van der Waals surface area contributed by atoms with E-state index >= 15 is 0 Å². The number of carbonyl (C=O) groups is 1. The Hall–Kier alpha value is -1.66. The SMILES string of the molecule is O=C(NCc1n[nH]c2c1CCC2)c1ccc([C@@H]2CCCO2)s1. The molecule has 6 heteroatoms. The molecule has 2 aliphatic rings. The van der Waals surface area contributed by atoms with Gasteiger partial charge < -0.3 is 10.1 Å². The van der Waals surface area contributed by atoms with Gasteiger partial charge >= 0.3 is 0 Å². The van der Waals surface area contributed by atoms with E-state index in [-0.39, 0.29) is 12.0 Å². The first kappa shape index (κ1) is 14.0. The van der Waals surface area contributed by atoms with Gasteiger partial charge in [-0.1, -0.05) is 0 Å². The third-order valence-electron chi connectivity index (χ3n) is 4.41. The monoisotopic (exact) mass is 317 g/mol. The molecule has 1 fully saturated rings. The Morgan fingerprint density at radius 2 is 2.36 bits per heavy atom. The first-order valence-corrected chi connectivity index (χ1v) is 8.67. The predicted octanol–water partition coefficient (Wildman–Crippen LogP) is 2.74. The average molecular weight is 317 g/mol. The lowest BCUT2D eigenvalue weighted by atomic mass is 10.2. The molecule has 0 radical (unpaired) electrons. The van der Waals surface area contributed by atoms with Gasteiger partial charge in [0.2, 0.25) is 0 Å². The van der Waals surface area contributed by atoms with Crippen LogP contribution >= 0.6 is 11.3 Å². The minimum absolute atomic E-state index is 0.0241. The Morgan fingerprint density at radius 3 is 3.23 bits per heavy atom. The largest absolute Gasteiger partial charge is 0.373 e. The van der Waals surface area contributed by atoms with Crippen LogP contribution in [-0.4, -0.2) is 22.7 Å².